The number of hydrogen-bond donors (Lipinski definition) is 0. The van der Waals surface area contributed by atoms with Crippen molar-refractivity contribution in [3.05, 3.63) is 29.3 Å². The van der Waals surface area contributed by atoms with Crippen molar-refractivity contribution in [1.29, 1.82) is 0 Å². The van der Waals surface area contributed by atoms with E-state index in [-0.39, 0.29) is 17.7 Å². The molecule has 15 heavy (non-hydrogen) atoms. The highest BCUT2D eigenvalue weighted by molar-refractivity contribution is 5.53. The molecule has 0 saturated carbocycles. The van der Waals surface area contributed by atoms with Gasteiger partial charge in [0, 0.05) is 12.0 Å². The Morgan fingerprint density at radius 3 is 2.67 bits per heavy atom. The topological polar surface area (TPSA) is 26.3 Å². The van der Waals surface area contributed by atoms with E-state index in [9.17, 15) is 13.6 Å². The van der Waals surface area contributed by atoms with Crippen LogP contribution in [-0.2, 0) is 4.79 Å². The summed E-state index contributed by atoms with van der Waals surface area (Å²) >= 11 is 0. The molecule has 0 aliphatic heterocycles. The fourth-order valence-electron chi connectivity index (χ4n) is 1.45. The van der Waals surface area contributed by atoms with Crippen molar-refractivity contribution in [2.24, 2.45) is 0 Å². The molecule has 0 aliphatic carbocycles. The van der Waals surface area contributed by atoms with Crippen LogP contribution in [0.1, 0.15) is 24.8 Å². The van der Waals surface area contributed by atoms with Gasteiger partial charge in [-0.2, -0.15) is 0 Å². The van der Waals surface area contributed by atoms with Crippen LogP contribution < -0.4 is 4.74 Å². The second-order valence-corrected chi connectivity index (χ2v) is 3.28. The predicted octanol–water partition coefficient (Wildman–Crippen LogP) is 2.67. The molecule has 0 heterocycles. The summed E-state index contributed by atoms with van der Waals surface area (Å²) in [4.78, 5) is 10.3. The van der Waals surface area contributed by atoms with E-state index in [1.165, 1.54) is 13.2 Å². The lowest BCUT2D eigenvalue weighted by atomic mass is 9.96. The average molecular weight is 214 g/mol. The second-order valence-electron chi connectivity index (χ2n) is 3.28. The first-order valence-corrected chi connectivity index (χ1v) is 4.57. The molecule has 0 aliphatic rings. The summed E-state index contributed by atoms with van der Waals surface area (Å²) in [5, 5.41) is 0. The Morgan fingerprint density at radius 2 is 2.13 bits per heavy atom. The van der Waals surface area contributed by atoms with Crippen LogP contribution in [0.4, 0.5) is 8.78 Å². The van der Waals surface area contributed by atoms with Gasteiger partial charge in [-0.25, -0.2) is 8.78 Å². The molecule has 1 unspecified atom stereocenters. The van der Waals surface area contributed by atoms with Crippen molar-refractivity contribution in [2.75, 3.05) is 7.11 Å². The Hall–Kier alpha value is -1.45. The predicted molar refractivity (Wildman–Crippen MR) is 52.0 cm³/mol. The van der Waals surface area contributed by atoms with Gasteiger partial charge in [-0.05, 0) is 18.1 Å². The third-order valence-corrected chi connectivity index (χ3v) is 2.26. The Balaban J connectivity index is 3.22. The summed E-state index contributed by atoms with van der Waals surface area (Å²) in [6, 6.07) is 2.36. The molecule has 0 fully saturated rings. The highest BCUT2D eigenvalue weighted by Gasteiger charge is 2.19. The van der Waals surface area contributed by atoms with Gasteiger partial charge in [0.1, 0.15) is 12.0 Å². The van der Waals surface area contributed by atoms with Gasteiger partial charge in [0.15, 0.2) is 11.6 Å². The SMILES string of the molecule is COc1ccc(F)c(F)c1C(C)CC=O. The molecule has 1 aromatic rings. The lowest BCUT2D eigenvalue weighted by Crippen LogP contribution is -2.04. The van der Waals surface area contributed by atoms with Crippen LogP contribution in [0.5, 0.6) is 5.75 Å². The van der Waals surface area contributed by atoms with Gasteiger partial charge in [0.05, 0.1) is 7.11 Å². The fourth-order valence-corrected chi connectivity index (χ4v) is 1.45. The van der Waals surface area contributed by atoms with Gasteiger partial charge in [0.2, 0.25) is 0 Å². The fraction of sp³-hybridized carbons (Fsp3) is 0.364. The third kappa shape index (κ3) is 2.32. The summed E-state index contributed by atoms with van der Waals surface area (Å²) in [6.07, 6.45) is 0.811. The van der Waals surface area contributed by atoms with E-state index in [1.807, 2.05) is 0 Å². The third-order valence-electron chi connectivity index (χ3n) is 2.26. The largest absolute Gasteiger partial charge is 0.496 e. The molecule has 4 heteroatoms. The summed E-state index contributed by atoms with van der Waals surface area (Å²) in [7, 11) is 1.38. The molecule has 0 spiro atoms. The average Bonchev–Trinajstić information content (AvgIpc) is 2.22. The number of hydrogen-bond acceptors (Lipinski definition) is 2. The molecule has 1 aromatic carbocycles. The summed E-state index contributed by atoms with van der Waals surface area (Å²) in [5.41, 5.74) is 0.115. The van der Waals surface area contributed by atoms with E-state index >= 15 is 0 Å². The quantitative estimate of drug-likeness (QED) is 0.720. The zero-order chi connectivity index (χ0) is 11.4. The Kier molecular flexibility index (Phi) is 3.77. The van der Waals surface area contributed by atoms with Crippen LogP contribution in [0.15, 0.2) is 12.1 Å². The van der Waals surface area contributed by atoms with E-state index in [4.69, 9.17) is 4.74 Å². The summed E-state index contributed by atoms with van der Waals surface area (Å²) in [6.45, 7) is 1.65. The van der Waals surface area contributed by atoms with Crippen LogP contribution in [0.2, 0.25) is 0 Å². The lowest BCUT2D eigenvalue weighted by Gasteiger charge is -2.14. The molecule has 1 rings (SSSR count). The molecule has 82 valence electrons. The van der Waals surface area contributed by atoms with Crippen LogP contribution in [0.3, 0.4) is 0 Å². The van der Waals surface area contributed by atoms with Gasteiger partial charge in [0.25, 0.3) is 0 Å². The van der Waals surface area contributed by atoms with Gasteiger partial charge >= 0.3 is 0 Å². The standard InChI is InChI=1S/C11H12F2O2/c1-7(5-6-14)10-9(15-2)4-3-8(12)11(10)13/h3-4,6-7H,5H2,1-2H3. The number of carbonyl (C=O) groups excluding carboxylic acids is 1. The smallest absolute Gasteiger partial charge is 0.165 e. The zero-order valence-corrected chi connectivity index (χ0v) is 8.59. The maximum atomic E-state index is 13.5. The number of benzene rings is 1. The summed E-state index contributed by atoms with van der Waals surface area (Å²) < 4.78 is 31.4. The van der Waals surface area contributed by atoms with E-state index in [1.54, 1.807) is 6.92 Å². The minimum absolute atomic E-state index is 0.115. The van der Waals surface area contributed by atoms with Crippen LogP contribution >= 0.6 is 0 Å². The van der Waals surface area contributed by atoms with Gasteiger partial charge in [-0.1, -0.05) is 6.92 Å². The number of methoxy groups -OCH3 is 1. The molecule has 0 aromatic heterocycles. The van der Waals surface area contributed by atoms with E-state index in [0.29, 0.717) is 6.29 Å². The minimum Gasteiger partial charge on any atom is -0.496 e. The Labute approximate surface area is 86.9 Å². The van der Waals surface area contributed by atoms with Crippen LogP contribution in [-0.4, -0.2) is 13.4 Å². The Morgan fingerprint density at radius 1 is 1.47 bits per heavy atom. The molecule has 0 saturated heterocycles. The summed E-state index contributed by atoms with van der Waals surface area (Å²) in [5.74, 6) is -2.00. The number of halogens is 2. The Bertz CT molecular complexity index is 364. The first kappa shape index (κ1) is 11.6. The van der Waals surface area contributed by atoms with Crippen LogP contribution in [0, 0.1) is 11.6 Å². The van der Waals surface area contributed by atoms with Crippen molar-refractivity contribution >= 4 is 6.29 Å². The maximum Gasteiger partial charge on any atom is 0.165 e. The lowest BCUT2D eigenvalue weighted by molar-refractivity contribution is -0.108. The first-order chi connectivity index (χ1) is 7.11. The highest BCUT2D eigenvalue weighted by Crippen LogP contribution is 2.31. The van der Waals surface area contributed by atoms with Crippen molar-refractivity contribution in [2.45, 2.75) is 19.3 Å². The van der Waals surface area contributed by atoms with Gasteiger partial charge in [-0.3, -0.25) is 0 Å². The van der Waals surface area contributed by atoms with Gasteiger partial charge in [-0.15, -0.1) is 0 Å². The van der Waals surface area contributed by atoms with E-state index < -0.39 is 17.6 Å². The maximum absolute atomic E-state index is 13.5. The minimum atomic E-state index is -0.941. The van der Waals surface area contributed by atoms with Crippen molar-refractivity contribution in [3.8, 4) is 5.75 Å². The first-order valence-electron chi connectivity index (χ1n) is 4.57. The molecule has 0 N–H and O–H groups in total. The number of aldehydes is 1. The molecule has 0 bridgehead atoms. The molecule has 1 atom stereocenters. The van der Waals surface area contributed by atoms with Gasteiger partial charge < -0.3 is 9.53 Å². The van der Waals surface area contributed by atoms with Crippen molar-refractivity contribution in [1.82, 2.24) is 0 Å². The second kappa shape index (κ2) is 4.87. The monoisotopic (exact) mass is 214 g/mol. The molecular formula is C11H12F2O2. The number of rotatable bonds is 4. The molecular weight excluding hydrogens is 202 g/mol. The van der Waals surface area contributed by atoms with Crippen molar-refractivity contribution < 1.29 is 18.3 Å². The number of ether oxygens (including phenoxy) is 1. The zero-order valence-electron chi connectivity index (χ0n) is 8.59. The molecule has 2 nitrogen and oxygen atoms in total. The van der Waals surface area contributed by atoms with E-state index in [0.717, 1.165) is 6.07 Å². The molecule has 0 amide bonds. The van der Waals surface area contributed by atoms with Crippen LogP contribution in [0.25, 0.3) is 0 Å². The highest BCUT2D eigenvalue weighted by atomic mass is 19.2. The van der Waals surface area contributed by atoms with Crippen molar-refractivity contribution in [3.63, 3.8) is 0 Å². The number of carbonyl (C=O) groups is 1. The molecule has 0 radical (unpaired) electrons. The van der Waals surface area contributed by atoms with E-state index in [2.05, 4.69) is 0 Å². The normalized spacial score (nSPS) is 12.3.